The molecule has 0 unspecified atom stereocenters. The van der Waals surface area contributed by atoms with Gasteiger partial charge in [0.1, 0.15) is 0 Å². The summed E-state index contributed by atoms with van der Waals surface area (Å²) in [6, 6.07) is 3.78. The first-order valence-electron chi connectivity index (χ1n) is 4.25. The van der Waals surface area contributed by atoms with Crippen molar-refractivity contribution < 1.29 is 4.79 Å². The molecular formula is C10H10N2O. The van der Waals surface area contributed by atoms with Crippen LogP contribution >= 0.6 is 0 Å². The second-order valence-electron chi connectivity index (χ2n) is 2.96. The first-order chi connectivity index (χ1) is 6.36. The van der Waals surface area contributed by atoms with Crippen LogP contribution in [0.1, 0.15) is 12.0 Å². The lowest BCUT2D eigenvalue weighted by Crippen LogP contribution is -2.13. The zero-order valence-electron chi connectivity index (χ0n) is 7.16. The highest BCUT2D eigenvalue weighted by atomic mass is 16.1. The van der Waals surface area contributed by atoms with Gasteiger partial charge in [-0.1, -0.05) is 0 Å². The zero-order chi connectivity index (χ0) is 9.10. The minimum Gasteiger partial charge on any atom is -0.352 e. The lowest BCUT2D eigenvalue weighted by molar-refractivity contribution is -0.116. The Morgan fingerprint density at radius 1 is 1.38 bits per heavy atom. The highest BCUT2D eigenvalue weighted by Crippen LogP contribution is 2.12. The van der Waals surface area contributed by atoms with Crippen molar-refractivity contribution in [3.63, 3.8) is 0 Å². The van der Waals surface area contributed by atoms with Gasteiger partial charge in [-0.3, -0.25) is 9.78 Å². The van der Waals surface area contributed by atoms with Crippen LogP contribution in [0.2, 0.25) is 0 Å². The zero-order valence-corrected chi connectivity index (χ0v) is 7.16. The predicted octanol–water partition coefficient (Wildman–Crippen LogP) is 0.985. The lowest BCUT2D eigenvalue weighted by atomic mass is 10.1. The molecule has 1 aromatic rings. The molecule has 0 atom stereocenters. The third-order valence-corrected chi connectivity index (χ3v) is 2.02. The standard InChI is InChI=1S/C10H10N2O/c13-10-9(3-6-12-10)7-8-1-4-11-5-2-8/h1-2,4-5,7H,3,6H2,(H,12,13)/b9-7+. The number of hydrogen-bond acceptors (Lipinski definition) is 2. The molecule has 1 aliphatic rings. The summed E-state index contributed by atoms with van der Waals surface area (Å²) in [7, 11) is 0. The first kappa shape index (κ1) is 7.98. The fourth-order valence-corrected chi connectivity index (χ4v) is 1.34. The Morgan fingerprint density at radius 2 is 2.15 bits per heavy atom. The van der Waals surface area contributed by atoms with Crippen LogP contribution in [0, 0.1) is 0 Å². The third kappa shape index (κ3) is 1.75. The molecule has 13 heavy (non-hydrogen) atoms. The lowest BCUT2D eigenvalue weighted by Gasteiger charge is -1.93. The number of carbonyl (C=O) groups is 1. The summed E-state index contributed by atoms with van der Waals surface area (Å²) >= 11 is 0. The molecule has 1 saturated heterocycles. The normalized spacial score (nSPS) is 19.1. The monoisotopic (exact) mass is 174 g/mol. The number of aromatic nitrogens is 1. The van der Waals surface area contributed by atoms with E-state index < -0.39 is 0 Å². The molecule has 1 aliphatic heterocycles. The van der Waals surface area contributed by atoms with Crippen molar-refractivity contribution in [3.8, 4) is 0 Å². The van der Waals surface area contributed by atoms with Gasteiger partial charge in [-0.2, -0.15) is 0 Å². The van der Waals surface area contributed by atoms with E-state index in [2.05, 4.69) is 10.3 Å². The molecule has 0 spiro atoms. The van der Waals surface area contributed by atoms with Crippen molar-refractivity contribution in [3.05, 3.63) is 35.7 Å². The van der Waals surface area contributed by atoms with Crippen LogP contribution in [0.25, 0.3) is 6.08 Å². The summed E-state index contributed by atoms with van der Waals surface area (Å²) in [6.07, 6.45) is 6.17. The van der Waals surface area contributed by atoms with E-state index in [0.717, 1.165) is 24.1 Å². The van der Waals surface area contributed by atoms with E-state index >= 15 is 0 Å². The minimum atomic E-state index is 0.0526. The number of rotatable bonds is 1. The van der Waals surface area contributed by atoms with E-state index in [1.54, 1.807) is 12.4 Å². The Hall–Kier alpha value is -1.64. The van der Waals surface area contributed by atoms with E-state index in [4.69, 9.17) is 0 Å². The maximum atomic E-state index is 11.2. The highest BCUT2D eigenvalue weighted by molar-refractivity contribution is 5.99. The van der Waals surface area contributed by atoms with Crippen molar-refractivity contribution >= 4 is 12.0 Å². The molecule has 0 bridgehead atoms. The van der Waals surface area contributed by atoms with E-state index in [9.17, 15) is 4.79 Å². The van der Waals surface area contributed by atoms with Crippen LogP contribution in [0.15, 0.2) is 30.1 Å². The molecule has 3 nitrogen and oxygen atoms in total. The third-order valence-electron chi connectivity index (χ3n) is 2.02. The van der Waals surface area contributed by atoms with Crippen LogP contribution in [-0.2, 0) is 4.79 Å². The van der Waals surface area contributed by atoms with Crippen LogP contribution in [0.4, 0.5) is 0 Å². The number of carbonyl (C=O) groups excluding carboxylic acids is 1. The van der Waals surface area contributed by atoms with Gasteiger partial charge in [0, 0.05) is 24.5 Å². The molecule has 1 amide bonds. The summed E-state index contributed by atoms with van der Waals surface area (Å²) in [5.41, 5.74) is 1.88. The van der Waals surface area contributed by atoms with Gasteiger partial charge in [-0.25, -0.2) is 0 Å². The van der Waals surface area contributed by atoms with Gasteiger partial charge < -0.3 is 5.32 Å². The molecule has 66 valence electrons. The Morgan fingerprint density at radius 3 is 2.77 bits per heavy atom. The summed E-state index contributed by atoms with van der Waals surface area (Å²) in [6.45, 7) is 0.760. The largest absolute Gasteiger partial charge is 0.352 e. The van der Waals surface area contributed by atoms with Gasteiger partial charge in [0.2, 0.25) is 5.91 Å². The number of hydrogen-bond donors (Lipinski definition) is 1. The SMILES string of the molecule is O=C1NCC/C1=C\c1ccncc1. The first-order valence-corrected chi connectivity index (χ1v) is 4.25. The van der Waals surface area contributed by atoms with E-state index in [0.29, 0.717) is 0 Å². The quantitative estimate of drug-likeness (QED) is 0.645. The maximum Gasteiger partial charge on any atom is 0.247 e. The van der Waals surface area contributed by atoms with Gasteiger partial charge in [0.15, 0.2) is 0 Å². The second kappa shape index (κ2) is 3.39. The molecular weight excluding hydrogens is 164 g/mol. The average Bonchev–Trinajstić information content (AvgIpc) is 2.54. The Bertz CT molecular complexity index is 343. The summed E-state index contributed by atoms with van der Waals surface area (Å²) in [4.78, 5) is 15.1. The summed E-state index contributed by atoms with van der Waals surface area (Å²) in [5.74, 6) is 0.0526. The number of pyridine rings is 1. The molecule has 1 fully saturated rings. The number of amides is 1. The van der Waals surface area contributed by atoms with Crippen LogP contribution in [-0.4, -0.2) is 17.4 Å². The fraction of sp³-hybridized carbons (Fsp3) is 0.200. The van der Waals surface area contributed by atoms with Crippen LogP contribution < -0.4 is 5.32 Å². The molecule has 2 rings (SSSR count). The maximum absolute atomic E-state index is 11.2. The van der Waals surface area contributed by atoms with Gasteiger partial charge >= 0.3 is 0 Å². The average molecular weight is 174 g/mol. The smallest absolute Gasteiger partial charge is 0.247 e. The minimum absolute atomic E-state index is 0.0526. The second-order valence-corrected chi connectivity index (χ2v) is 2.96. The molecule has 0 saturated carbocycles. The summed E-state index contributed by atoms with van der Waals surface area (Å²) < 4.78 is 0. The van der Waals surface area contributed by atoms with Crippen molar-refractivity contribution in [1.82, 2.24) is 10.3 Å². The van der Waals surface area contributed by atoms with Crippen molar-refractivity contribution in [2.75, 3.05) is 6.54 Å². The highest BCUT2D eigenvalue weighted by Gasteiger charge is 2.15. The van der Waals surface area contributed by atoms with Crippen molar-refractivity contribution in [2.24, 2.45) is 0 Å². The molecule has 2 heterocycles. The van der Waals surface area contributed by atoms with Crippen molar-refractivity contribution in [2.45, 2.75) is 6.42 Å². The Kier molecular flexibility index (Phi) is 2.08. The predicted molar refractivity (Wildman–Crippen MR) is 49.8 cm³/mol. The molecule has 3 heteroatoms. The molecule has 1 N–H and O–H groups in total. The van der Waals surface area contributed by atoms with Crippen LogP contribution in [0.3, 0.4) is 0 Å². The van der Waals surface area contributed by atoms with Gasteiger partial charge in [0.05, 0.1) is 0 Å². The topological polar surface area (TPSA) is 42.0 Å². The van der Waals surface area contributed by atoms with Crippen molar-refractivity contribution in [1.29, 1.82) is 0 Å². The molecule has 0 radical (unpaired) electrons. The van der Waals surface area contributed by atoms with Gasteiger partial charge in [-0.05, 0) is 30.2 Å². The van der Waals surface area contributed by atoms with Gasteiger partial charge in [-0.15, -0.1) is 0 Å². The van der Waals surface area contributed by atoms with E-state index in [1.807, 2.05) is 18.2 Å². The van der Waals surface area contributed by atoms with E-state index in [-0.39, 0.29) is 5.91 Å². The molecule has 0 aromatic carbocycles. The van der Waals surface area contributed by atoms with Gasteiger partial charge in [0.25, 0.3) is 0 Å². The van der Waals surface area contributed by atoms with E-state index in [1.165, 1.54) is 0 Å². The Balaban J connectivity index is 2.25. The number of nitrogens with zero attached hydrogens (tertiary/aromatic N) is 1. The summed E-state index contributed by atoms with van der Waals surface area (Å²) in [5, 5.41) is 2.77. The van der Waals surface area contributed by atoms with Crippen LogP contribution in [0.5, 0.6) is 0 Å². The molecule has 0 aliphatic carbocycles. The fourth-order valence-electron chi connectivity index (χ4n) is 1.34. The number of nitrogens with one attached hydrogen (secondary N) is 1. The Labute approximate surface area is 76.5 Å². The molecule has 1 aromatic heterocycles.